The van der Waals surface area contributed by atoms with Gasteiger partial charge in [-0.3, -0.25) is 0 Å². The van der Waals surface area contributed by atoms with Crippen LogP contribution < -0.4 is 9.47 Å². The summed E-state index contributed by atoms with van der Waals surface area (Å²) in [4.78, 5) is 20.3. The van der Waals surface area contributed by atoms with E-state index >= 15 is 0 Å². The van der Waals surface area contributed by atoms with Crippen molar-refractivity contribution in [3.63, 3.8) is 0 Å². The molecule has 0 bridgehead atoms. The summed E-state index contributed by atoms with van der Waals surface area (Å²) in [6, 6.07) is 14.9. The highest BCUT2D eigenvalue weighted by molar-refractivity contribution is 5.67. The molecule has 2 aromatic carbocycles. The largest absolute Gasteiger partial charge is 0.519 e. The molecular weight excluding hydrogens is 336 g/mol. The third-order valence-electron chi connectivity index (χ3n) is 3.50. The van der Waals surface area contributed by atoms with E-state index in [1.54, 1.807) is 24.3 Å². The highest BCUT2D eigenvalue weighted by Crippen LogP contribution is 2.21. The van der Waals surface area contributed by atoms with Gasteiger partial charge in [-0.05, 0) is 47.2 Å². The minimum atomic E-state index is -1.83. The summed E-state index contributed by atoms with van der Waals surface area (Å²) >= 11 is 0. The molecule has 2 rings (SSSR count). The summed E-state index contributed by atoms with van der Waals surface area (Å²) in [6.45, 7) is 8.46. The second-order valence-electron chi connectivity index (χ2n) is 6.18. The van der Waals surface area contributed by atoms with Crippen molar-refractivity contribution in [3.05, 3.63) is 59.7 Å². The first-order valence-electron chi connectivity index (χ1n) is 8.20. The smallest absolute Gasteiger partial charge is 0.450 e. The van der Waals surface area contributed by atoms with Crippen LogP contribution in [0.5, 0.6) is 11.5 Å². The molecule has 0 aliphatic carbocycles. The molecule has 0 aliphatic rings. The van der Waals surface area contributed by atoms with Gasteiger partial charge in [-0.1, -0.05) is 52.0 Å². The van der Waals surface area contributed by atoms with Crippen LogP contribution in [0.15, 0.2) is 48.5 Å². The Bertz CT molecular complexity index is 643. The average molecular weight is 360 g/mol. The van der Waals surface area contributed by atoms with Crippen molar-refractivity contribution in [2.75, 3.05) is 0 Å². The predicted octanol–water partition coefficient (Wildman–Crippen LogP) is 5.73. The molecule has 0 unspecified atom stereocenters. The molecule has 0 atom stereocenters. The predicted molar refractivity (Wildman–Crippen MR) is 98.4 cm³/mol. The van der Waals surface area contributed by atoms with Crippen LogP contribution >= 0.6 is 0 Å². The number of carbonyl (C=O) groups excluding carboxylic acids is 1. The number of rotatable bonds is 4. The van der Waals surface area contributed by atoms with Crippen molar-refractivity contribution in [2.45, 2.75) is 39.5 Å². The van der Waals surface area contributed by atoms with Gasteiger partial charge >= 0.3 is 12.3 Å². The first-order chi connectivity index (χ1) is 12.2. The van der Waals surface area contributed by atoms with Gasteiger partial charge in [0.15, 0.2) is 0 Å². The molecule has 2 aromatic rings. The summed E-state index contributed by atoms with van der Waals surface area (Å²) in [6.07, 6.45) is -2.56. The average Bonchev–Trinajstić information content (AvgIpc) is 2.55. The van der Waals surface area contributed by atoms with E-state index in [0.29, 0.717) is 23.3 Å². The molecule has 0 aromatic heterocycles. The second-order valence-corrected chi connectivity index (χ2v) is 6.18. The van der Waals surface area contributed by atoms with E-state index in [-0.39, 0.29) is 0 Å². The number of carbonyl (C=O) groups is 2. The van der Waals surface area contributed by atoms with Gasteiger partial charge in [0.2, 0.25) is 0 Å². The normalized spacial score (nSPS) is 10.1. The lowest BCUT2D eigenvalue weighted by Gasteiger charge is -2.09. The number of carboxylic acid groups (broad SMARTS) is 2. The number of benzene rings is 2. The van der Waals surface area contributed by atoms with Crippen LogP contribution in [0.1, 0.15) is 50.7 Å². The summed E-state index contributed by atoms with van der Waals surface area (Å²) in [7, 11) is 0. The van der Waals surface area contributed by atoms with Crippen LogP contribution in [0.2, 0.25) is 0 Å². The third kappa shape index (κ3) is 7.70. The summed E-state index contributed by atoms with van der Waals surface area (Å²) < 4.78 is 10.3. The van der Waals surface area contributed by atoms with Crippen LogP contribution in [0.3, 0.4) is 0 Å². The zero-order chi connectivity index (χ0) is 19.7. The van der Waals surface area contributed by atoms with Crippen molar-refractivity contribution in [1.29, 1.82) is 0 Å². The third-order valence-corrected chi connectivity index (χ3v) is 3.50. The van der Waals surface area contributed by atoms with Crippen molar-refractivity contribution in [1.82, 2.24) is 0 Å². The van der Waals surface area contributed by atoms with Gasteiger partial charge < -0.3 is 19.7 Å². The zero-order valence-corrected chi connectivity index (χ0v) is 15.3. The van der Waals surface area contributed by atoms with E-state index in [9.17, 15) is 4.79 Å². The van der Waals surface area contributed by atoms with Crippen LogP contribution in [0.4, 0.5) is 9.59 Å². The second kappa shape index (κ2) is 10.1. The van der Waals surface area contributed by atoms with E-state index in [0.717, 1.165) is 0 Å². The number of hydrogen-bond acceptors (Lipinski definition) is 4. The quantitative estimate of drug-likeness (QED) is 0.534. The van der Waals surface area contributed by atoms with Crippen molar-refractivity contribution in [3.8, 4) is 11.5 Å². The molecule has 0 aliphatic heterocycles. The highest BCUT2D eigenvalue weighted by Gasteiger charge is 2.09. The SMILES string of the molecule is CC(C)c1ccc(OC(=O)Oc2ccc(C(C)C)cc2)cc1.O=C(O)O. The fraction of sp³-hybridized carbons (Fsp3) is 0.300. The van der Waals surface area contributed by atoms with Gasteiger partial charge in [0, 0.05) is 0 Å². The Labute approximate surface area is 153 Å². The van der Waals surface area contributed by atoms with Gasteiger partial charge in [-0.25, -0.2) is 9.59 Å². The Hall–Kier alpha value is -3.02. The maximum Gasteiger partial charge on any atom is 0.519 e. The van der Waals surface area contributed by atoms with Gasteiger partial charge in [0.25, 0.3) is 0 Å². The van der Waals surface area contributed by atoms with Crippen LogP contribution in [0.25, 0.3) is 0 Å². The molecule has 0 saturated heterocycles. The highest BCUT2D eigenvalue weighted by atomic mass is 16.7. The molecule has 0 spiro atoms. The van der Waals surface area contributed by atoms with Crippen LogP contribution in [0, 0.1) is 0 Å². The number of ether oxygens (including phenoxy) is 2. The van der Waals surface area contributed by atoms with Crippen molar-refractivity contribution >= 4 is 12.3 Å². The lowest BCUT2D eigenvalue weighted by Crippen LogP contribution is -2.13. The minimum Gasteiger partial charge on any atom is -0.450 e. The Kier molecular flexibility index (Phi) is 8.15. The van der Waals surface area contributed by atoms with Gasteiger partial charge in [-0.2, -0.15) is 0 Å². The molecule has 0 heterocycles. The Morgan fingerprint density at radius 2 is 0.962 bits per heavy atom. The Balaban J connectivity index is 0.000000765. The van der Waals surface area contributed by atoms with E-state index in [1.165, 1.54) is 11.1 Å². The fourth-order valence-corrected chi connectivity index (χ4v) is 2.05. The molecule has 0 fully saturated rings. The monoisotopic (exact) mass is 360 g/mol. The van der Waals surface area contributed by atoms with Crippen LogP contribution in [-0.2, 0) is 0 Å². The molecule has 2 N–H and O–H groups in total. The molecular formula is C20H24O6. The maximum atomic E-state index is 11.8. The van der Waals surface area contributed by atoms with E-state index in [1.807, 2.05) is 24.3 Å². The first kappa shape index (κ1) is 21.0. The van der Waals surface area contributed by atoms with Gasteiger partial charge in [0.1, 0.15) is 11.5 Å². The number of hydrogen-bond donors (Lipinski definition) is 2. The standard InChI is InChI=1S/C19H22O3.CH2O3/c1-13(2)15-5-9-17(10-6-15)21-19(20)22-18-11-7-16(8-12-18)14(3)4;2-1(3)4/h5-14H,1-4H3;(H2,2,3,4). The van der Waals surface area contributed by atoms with Gasteiger partial charge in [-0.15, -0.1) is 0 Å². The van der Waals surface area contributed by atoms with Gasteiger partial charge in [0.05, 0.1) is 0 Å². The van der Waals surface area contributed by atoms with Crippen LogP contribution in [-0.4, -0.2) is 22.5 Å². The Morgan fingerprint density at radius 3 is 1.19 bits per heavy atom. The van der Waals surface area contributed by atoms with E-state index in [4.69, 9.17) is 24.5 Å². The lowest BCUT2D eigenvalue weighted by molar-refractivity contribution is 0.136. The fourth-order valence-electron chi connectivity index (χ4n) is 2.05. The Morgan fingerprint density at radius 1 is 0.692 bits per heavy atom. The van der Waals surface area contributed by atoms with Crippen molar-refractivity contribution in [2.24, 2.45) is 0 Å². The lowest BCUT2D eigenvalue weighted by atomic mass is 10.0. The molecule has 0 saturated carbocycles. The topological polar surface area (TPSA) is 93.1 Å². The molecule has 0 radical (unpaired) electrons. The summed E-state index contributed by atoms with van der Waals surface area (Å²) in [5.74, 6) is 1.85. The maximum absolute atomic E-state index is 11.8. The first-order valence-corrected chi connectivity index (χ1v) is 8.20. The molecule has 0 amide bonds. The summed E-state index contributed by atoms with van der Waals surface area (Å²) in [5, 5.41) is 13.9. The molecule has 140 valence electrons. The molecule has 26 heavy (non-hydrogen) atoms. The van der Waals surface area contributed by atoms with E-state index < -0.39 is 12.3 Å². The minimum absolute atomic E-state index is 0.445. The molecule has 6 nitrogen and oxygen atoms in total. The van der Waals surface area contributed by atoms with E-state index in [2.05, 4.69) is 27.7 Å². The summed E-state index contributed by atoms with van der Waals surface area (Å²) in [5.41, 5.74) is 2.40. The molecule has 6 heteroatoms. The zero-order valence-electron chi connectivity index (χ0n) is 15.3. The van der Waals surface area contributed by atoms with Crippen molar-refractivity contribution < 1.29 is 29.3 Å².